The third-order valence-corrected chi connectivity index (χ3v) is 8.66. The lowest BCUT2D eigenvalue weighted by atomic mass is 9.85. The summed E-state index contributed by atoms with van der Waals surface area (Å²) in [5, 5.41) is 0. The first-order valence-corrected chi connectivity index (χ1v) is 12.3. The van der Waals surface area contributed by atoms with E-state index in [4.69, 9.17) is 14.2 Å². The van der Waals surface area contributed by atoms with Gasteiger partial charge in [-0.3, -0.25) is 4.79 Å². The van der Waals surface area contributed by atoms with Gasteiger partial charge in [-0.05, 0) is 37.3 Å². The third kappa shape index (κ3) is 3.46. The summed E-state index contributed by atoms with van der Waals surface area (Å²) in [7, 11) is -3.86. The molecule has 5 rings (SSSR count). The lowest BCUT2D eigenvalue weighted by molar-refractivity contribution is -0.139. The number of benzene rings is 1. The Kier molecular flexibility index (Phi) is 5.37. The largest absolute Gasteiger partial charge is 0.486 e. The summed E-state index contributed by atoms with van der Waals surface area (Å²) in [6.07, 6.45) is 4.47. The van der Waals surface area contributed by atoms with Crippen molar-refractivity contribution in [1.29, 1.82) is 0 Å². The summed E-state index contributed by atoms with van der Waals surface area (Å²) in [5.74, 6) is 1.14. The number of hydrogen-bond acceptors (Lipinski definition) is 6. The van der Waals surface area contributed by atoms with Gasteiger partial charge in [-0.2, -0.15) is 4.31 Å². The molecule has 2 saturated heterocycles. The van der Waals surface area contributed by atoms with E-state index < -0.39 is 16.1 Å². The van der Waals surface area contributed by atoms with Gasteiger partial charge in [-0.15, -0.1) is 0 Å². The van der Waals surface area contributed by atoms with Gasteiger partial charge in [0.1, 0.15) is 19.3 Å². The van der Waals surface area contributed by atoms with Crippen LogP contribution >= 0.6 is 0 Å². The summed E-state index contributed by atoms with van der Waals surface area (Å²) in [6.45, 7) is 2.87. The van der Waals surface area contributed by atoms with Crippen LogP contribution in [0.15, 0.2) is 23.1 Å². The summed E-state index contributed by atoms with van der Waals surface area (Å²) >= 11 is 0. The number of amides is 1. The Morgan fingerprint density at radius 3 is 2.50 bits per heavy atom. The predicted octanol–water partition coefficient (Wildman–Crippen LogP) is 1.64. The highest BCUT2D eigenvalue weighted by Crippen LogP contribution is 2.44. The highest BCUT2D eigenvalue weighted by Gasteiger charge is 2.52. The molecular formula is C21H28N2O6S. The lowest BCUT2D eigenvalue weighted by Gasteiger charge is -2.35. The number of hydrogen-bond donors (Lipinski definition) is 0. The van der Waals surface area contributed by atoms with Crippen LogP contribution in [0.4, 0.5) is 0 Å². The molecule has 9 heteroatoms. The molecule has 30 heavy (non-hydrogen) atoms. The Morgan fingerprint density at radius 2 is 1.70 bits per heavy atom. The zero-order chi connectivity index (χ0) is 20.7. The monoisotopic (exact) mass is 436 g/mol. The van der Waals surface area contributed by atoms with E-state index in [2.05, 4.69) is 0 Å². The summed E-state index contributed by atoms with van der Waals surface area (Å²) in [5.41, 5.74) is 0. The van der Waals surface area contributed by atoms with E-state index in [0.29, 0.717) is 57.4 Å². The van der Waals surface area contributed by atoms with Gasteiger partial charge in [0.05, 0.1) is 18.1 Å². The van der Waals surface area contributed by atoms with Crippen LogP contribution in [0, 0.1) is 5.92 Å². The van der Waals surface area contributed by atoms with E-state index in [1.165, 1.54) is 10.4 Å². The van der Waals surface area contributed by atoms with Crippen molar-refractivity contribution in [1.82, 2.24) is 9.21 Å². The van der Waals surface area contributed by atoms with Gasteiger partial charge in [0, 0.05) is 25.2 Å². The van der Waals surface area contributed by atoms with E-state index in [-0.39, 0.29) is 22.8 Å². The van der Waals surface area contributed by atoms with E-state index in [0.717, 1.165) is 25.7 Å². The minimum atomic E-state index is -3.86. The van der Waals surface area contributed by atoms with E-state index in [9.17, 15) is 13.2 Å². The molecule has 0 unspecified atom stereocenters. The van der Waals surface area contributed by atoms with Crippen LogP contribution in [-0.2, 0) is 19.6 Å². The van der Waals surface area contributed by atoms with E-state index in [1.807, 2.05) is 0 Å². The molecule has 8 nitrogen and oxygen atoms in total. The van der Waals surface area contributed by atoms with Crippen LogP contribution < -0.4 is 9.47 Å². The average molecular weight is 437 g/mol. The summed E-state index contributed by atoms with van der Waals surface area (Å²) < 4.78 is 45.6. The standard InChI is InChI=1S/C21H28N2O6S/c24-21(22-7-9-27-10-8-22)18-13-15-3-1-2-4-17(15)23(18)30(25,26)16-5-6-19-20(14-16)29-12-11-28-19/h5-6,14-15,17-18H,1-4,7-13H2/t15-,17-,18-/m0/s1. The van der Waals surface area contributed by atoms with Crippen LogP contribution in [0.5, 0.6) is 11.5 Å². The van der Waals surface area contributed by atoms with Gasteiger partial charge in [0.2, 0.25) is 15.9 Å². The van der Waals surface area contributed by atoms with Gasteiger partial charge >= 0.3 is 0 Å². The Labute approximate surface area is 177 Å². The molecule has 3 fully saturated rings. The van der Waals surface area contributed by atoms with Crippen LogP contribution in [0.25, 0.3) is 0 Å². The molecule has 0 radical (unpaired) electrons. The molecule has 164 valence electrons. The minimum Gasteiger partial charge on any atom is -0.486 e. The number of sulfonamides is 1. The molecule has 1 aromatic rings. The quantitative estimate of drug-likeness (QED) is 0.716. The minimum absolute atomic E-state index is 0.0891. The molecule has 0 aromatic heterocycles. The number of ether oxygens (including phenoxy) is 3. The topological polar surface area (TPSA) is 85.4 Å². The molecule has 4 aliphatic rings. The second-order valence-corrected chi connectivity index (χ2v) is 10.3. The first kappa shape index (κ1) is 20.1. The number of carbonyl (C=O) groups is 1. The Balaban J connectivity index is 1.50. The molecule has 3 atom stereocenters. The average Bonchev–Trinajstić information content (AvgIpc) is 3.19. The molecule has 1 saturated carbocycles. The maximum absolute atomic E-state index is 13.8. The van der Waals surface area contributed by atoms with Crippen LogP contribution in [-0.4, -0.2) is 75.1 Å². The maximum atomic E-state index is 13.8. The van der Waals surface area contributed by atoms with E-state index in [1.54, 1.807) is 17.0 Å². The molecule has 3 heterocycles. The van der Waals surface area contributed by atoms with Crippen molar-refractivity contribution >= 4 is 15.9 Å². The Bertz CT molecular complexity index is 914. The normalized spacial score (nSPS) is 29.5. The van der Waals surface area contributed by atoms with Crippen molar-refractivity contribution in [3.05, 3.63) is 18.2 Å². The maximum Gasteiger partial charge on any atom is 0.244 e. The molecular weight excluding hydrogens is 408 g/mol. The number of morpholine rings is 1. The second kappa shape index (κ2) is 8.01. The second-order valence-electron chi connectivity index (χ2n) is 8.44. The van der Waals surface area contributed by atoms with Gasteiger partial charge < -0.3 is 19.1 Å². The van der Waals surface area contributed by atoms with Gasteiger partial charge in [0.15, 0.2) is 11.5 Å². The highest BCUT2D eigenvalue weighted by molar-refractivity contribution is 7.89. The zero-order valence-electron chi connectivity index (χ0n) is 17.0. The van der Waals surface area contributed by atoms with Crippen molar-refractivity contribution in [2.45, 2.75) is 49.1 Å². The Morgan fingerprint density at radius 1 is 0.967 bits per heavy atom. The zero-order valence-corrected chi connectivity index (χ0v) is 17.8. The van der Waals surface area contributed by atoms with Crippen molar-refractivity contribution in [3.8, 4) is 11.5 Å². The van der Waals surface area contributed by atoms with Gasteiger partial charge in [-0.1, -0.05) is 12.8 Å². The van der Waals surface area contributed by atoms with Gasteiger partial charge in [0.25, 0.3) is 0 Å². The third-order valence-electron chi connectivity index (χ3n) is 6.73. The van der Waals surface area contributed by atoms with Crippen molar-refractivity contribution in [2.75, 3.05) is 39.5 Å². The first-order valence-electron chi connectivity index (χ1n) is 10.9. The van der Waals surface area contributed by atoms with Gasteiger partial charge in [-0.25, -0.2) is 8.42 Å². The number of rotatable bonds is 3. The predicted molar refractivity (Wildman–Crippen MR) is 108 cm³/mol. The molecule has 1 aromatic carbocycles. The molecule has 0 spiro atoms. The van der Waals surface area contributed by atoms with Crippen molar-refractivity contribution < 1.29 is 27.4 Å². The number of carbonyl (C=O) groups excluding carboxylic acids is 1. The van der Waals surface area contributed by atoms with Crippen molar-refractivity contribution in [2.24, 2.45) is 5.92 Å². The van der Waals surface area contributed by atoms with Crippen LogP contribution in [0.1, 0.15) is 32.1 Å². The molecule has 0 N–H and O–H groups in total. The highest BCUT2D eigenvalue weighted by atomic mass is 32.2. The van der Waals surface area contributed by atoms with Crippen LogP contribution in [0.2, 0.25) is 0 Å². The fourth-order valence-electron chi connectivity index (χ4n) is 5.28. The fraction of sp³-hybridized carbons (Fsp3) is 0.667. The Hall–Kier alpha value is -1.84. The van der Waals surface area contributed by atoms with E-state index >= 15 is 0 Å². The fourth-order valence-corrected chi connectivity index (χ4v) is 7.16. The summed E-state index contributed by atoms with van der Waals surface area (Å²) in [4.78, 5) is 15.3. The number of fused-ring (bicyclic) bond motifs is 2. The van der Waals surface area contributed by atoms with Crippen molar-refractivity contribution in [3.63, 3.8) is 0 Å². The SMILES string of the molecule is O=C([C@@H]1C[C@@H]2CCCC[C@@H]2N1S(=O)(=O)c1ccc2c(c1)OCCO2)N1CCOCC1. The van der Waals surface area contributed by atoms with Crippen LogP contribution in [0.3, 0.4) is 0 Å². The first-order chi connectivity index (χ1) is 14.6. The molecule has 3 aliphatic heterocycles. The summed E-state index contributed by atoms with van der Waals surface area (Å²) in [6, 6.07) is 3.99. The molecule has 1 amide bonds. The molecule has 0 bridgehead atoms. The number of nitrogens with zero attached hydrogens (tertiary/aromatic N) is 2. The smallest absolute Gasteiger partial charge is 0.244 e. The lowest BCUT2D eigenvalue weighted by Crippen LogP contribution is -2.52. The molecule has 1 aliphatic carbocycles.